The Kier molecular flexibility index (Phi) is 4.61. The van der Waals surface area contributed by atoms with E-state index in [9.17, 15) is 4.79 Å². The fourth-order valence-electron chi connectivity index (χ4n) is 1.92. The SMILES string of the molecule is CN(CCNC(=O)C(Cl)c1ccccc1)C1CC1. The normalized spacial score (nSPS) is 16.6. The van der Waals surface area contributed by atoms with Crippen molar-refractivity contribution in [1.82, 2.24) is 10.2 Å². The molecule has 1 atom stereocenters. The molecule has 3 nitrogen and oxygen atoms in total. The van der Waals surface area contributed by atoms with Crippen molar-refractivity contribution >= 4 is 17.5 Å². The second kappa shape index (κ2) is 6.21. The van der Waals surface area contributed by atoms with E-state index in [0.717, 1.165) is 18.2 Å². The number of hydrogen-bond acceptors (Lipinski definition) is 2. The summed E-state index contributed by atoms with van der Waals surface area (Å²) in [5.41, 5.74) is 0.840. The Bertz CT molecular complexity index is 392. The molecule has 2 rings (SSSR count). The zero-order chi connectivity index (χ0) is 13.0. The van der Waals surface area contributed by atoms with Crippen molar-refractivity contribution in [3.63, 3.8) is 0 Å². The van der Waals surface area contributed by atoms with E-state index in [1.165, 1.54) is 12.8 Å². The summed E-state index contributed by atoms with van der Waals surface area (Å²) in [6, 6.07) is 10.1. The zero-order valence-electron chi connectivity index (χ0n) is 10.6. The fourth-order valence-corrected chi connectivity index (χ4v) is 2.14. The predicted octanol–water partition coefficient (Wildman–Crippen LogP) is 2.18. The molecular weight excluding hydrogens is 248 g/mol. The molecule has 1 saturated carbocycles. The molecule has 1 N–H and O–H groups in total. The molecule has 0 spiro atoms. The molecule has 98 valence electrons. The Hall–Kier alpha value is -1.06. The van der Waals surface area contributed by atoms with Crippen molar-refractivity contribution in [2.24, 2.45) is 0 Å². The van der Waals surface area contributed by atoms with Crippen LogP contribution in [0, 0.1) is 0 Å². The Morgan fingerprint density at radius 1 is 1.44 bits per heavy atom. The van der Waals surface area contributed by atoms with Gasteiger partial charge < -0.3 is 10.2 Å². The number of hydrogen-bond donors (Lipinski definition) is 1. The van der Waals surface area contributed by atoms with Crippen molar-refractivity contribution in [2.45, 2.75) is 24.3 Å². The fraction of sp³-hybridized carbons (Fsp3) is 0.500. The van der Waals surface area contributed by atoms with Crippen LogP contribution in [0.4, 0.5) is 0 Å². The minimum absolute atomic E-state index is 0.118. The van der Waals surface area contributed by atoms with Crippen LogP contribution < -0.4 is 5.32 Å². The highest BCUT2D eigenvalue weighted by molar-refractivity contribution is 6.30. The lowest BCUT2D eigenvalue weighted by Crippen LogP contribution is -2.35. The largest absolute Gasteiger partial charge is 0.353 e. The molecule has 0 aromatic heterocycles. The van der Waals surface area contributed by atoms with Gasteiger partial charge in [-0.2, -0.15) is 0 Å². The molecule has 1 fully saturated rings. The van der Waals surface area contributed by atoms with E-state index in [0.29, 0.717) is 6.54 Å². The number of halogens is 1. The molecule has 1 aromatic rings. The minimum atomic E-state index is -0.600. The van der Waals surface area contributed by atoms with Gasteiger partial charge in [0.1, 0.15) is 5.38 Å². The third-order valence-electron chi connectivity index (χ3n) is 3.26. The Morgan fingerprint density at radius 2 is 2.11 bits per heavy atom. The van der Waals surface area contributed by atoms with Crippen LogP contribution in [0.3, 0.4) is 0 Å². The first-order chi connectivity index (χ1) is 8.68. The highest BCUT2D eigenvalue weighted by atomic mass is 35.5. The number of alkyl halides is 1. The van der Waals surface area contributed by atoms with E-state index >= 15 is 0 Å². The lowest BCUT2D eigenvalue weighted by molar-refractivity contribution is -0.120. The molecule has 0 radical (unpaired) electrons. The molecule has 4 heteroatoms. The molecule has 0 saturated heterocycles. The predicted molar refractivity (Wildman–Crippen MR) is 73.7 cm³/mol. The van der Waals surface area contributed by atoms with Crippen LogP contribution in [0.15, 0.2) is 30.3 Å². The van der Waals surface area contributed by atoms with Crippen LogP contribution in [0.1, 0.15) is 23.8 Å². The summed E-state index contributed by atoms with van der Waals surface area (Å²) in [6.07, 6.45) is 2.57. The van der Waals surface area contributed by atoms with Crippen molar-refractivity contribution in [2.75, 3.05) is 20.1 Å². The highest BCUT2D eigenvalue weighted by Crippen LogP contribution is 2.24. The van der Waals surface area contributed by atoms with Gasteiger partial charge in [-0.05, 0) is 25.5 Å². The van der Waals surface area contributed by atoms with Crippen molar-refractivity contribution in [3.05, 3.63) is 35.9 Å². The molecule has 1 amide bonds. The van der Waals surface area contributed by atoms with Crippen LogP contribution >= 0.6 is 11.6 Å². The van der Waals surface area contributed by atoms with Gasteiger partial charge in [0.15, 0.2) is 0 Å². The summed E-state index contributed by atoms with van der Waals surface area (Å²) in [6.45, 7) is 1.54. The second-order valence-electron chi connectivity index (χ2n) is 4.78. The Morgan fingerprint density at radius 3 is 2.72 bits per heavy atom. The lowest BCUT2D eigenvalue weighted by atomic mass is 10.1. The quantitative estimate of drug-likeness (QED) is 0.801. The first kappa shape index (κ1) is 13.4. The molecule has 0 aliphatic heterocycles. The number of likely N-dealkylation sites (N-methyl/N-ethyl adjacent to an activating group) is 1. The van der Waals surface area contributed by atoms with Crippen LogP contribution in [0.2, 0.25) is 0 Å². The number of amides is 1. The average Bonchev–Trinajstić information content (AvgIpc) is 3.23. The standard InChI is InChI=1S/C14H19ClN2O/c1-17(12-7-8-12)10-9-16-14(18)13(15)11-5-3-2-4-6-11/h2-6,12-13H,7-10H2,1H3,(H,16,18). The van der Waals surface area contributed by atoms with Gasteiger partial charge in [-0.1, -0.05) is 30.3 Å². The van der Waals surface area contributed by atoms with Crippen LogP contribution in [-0.4, -0.2) is 37.0 Å². The molecule has 1 aliphatic carbocycles. The van der Waals surface area contributed by atoms with Gasteiger partial charge in [0, 0.05) is 19.1 Å². The van der Waals surface area contributed by atoms with Gasteiger partial charge in [0.25, 0.3) is 0 Å². The first-order valence-electron chi connectivity index (χ1n) is 6.35. The summed E-state index contributed by atoms with van der Waals surface area (Å²) in [4.78, 5) is 14.1. The average molecular weight is 267 g/mol. The van der Waals surface area contributed by atoms with Crippen LogP contribution in [-0.2, 0) is 4.79 Å². The van der Waals surface area contributed by atoms with Crippen LogP contribution in [0.25, 0.3) is 0 Å². The van der Waals surface area contributed by atoms with E-state index in [-0.39, 0.29) is 5.91 Å². The zero-order valence-corrected chi connectivity index (χ0v) is 11.4. The Balaban J connectivity index is 1.73. The van der Waals surface area contributed by atoms with E-state index in [1.54, 1.807) is 0 Å². The van der Waals surface area contributed by atoms with Gasteiger partial charge in [0.2, 0.25) is 5.91 Å². The number of carbonyl (C=O) groups excluding carboxylic acids is 1. The maximum atomic E-state index is 11.8. The number of carbonyl (C=O) groups is 1. The third-order valence-corrected chi connectivity index (χ3v) is 3.71. The van der Waals surface area contributed by atoms with E-state index in [2.05, 4.69) is 17.3 Å². The first-order valence-corrected chi connectivity index (χ1v) is 6.79. The molecular formula is C14H19ClN2O. The monoisotopic (exact) mass is 266 g/mol. The van der Waals surface area contributed by atoms with Crippen molar-refractivity contribution in [3.8, 4) is 0 Å². The van der Waals surface area contributed by atoms with E-state index < -0.39 is 5.38 Å². The molecule has 18 heavy (non-hydrogen) atoms. The van der Waals surface area contributed by atoms with E-state index in [4.69, 9.17) is 11.6 Å². The number of nitrogens with one attached hydrogen (secondary N) is 1. The summed E-state index contributed by atoms with van der Waals surface area (Å²) in [5, 5.41) is 2.28. The maximum Gasteiger partial charge on any atom is 0.242 e. The van der Waals surface area contributed by atoms with Gasteiger partial charge in [-0.25, -0.2) is 0 Å². The topological polar surface area (TPSA) is 32.3 Å². The highest BCUT2D eigenvalue weighted by Gasteiger charge is 2.25. The second-order valence-corrected chi connectivity index (χ2v) is 5.21. The van der Waals surface area contributed by atoms with Gasteiger partial charge in [0.05, 0.1) is 0 Å². The minimum Gasteiger partial charge on any atom is -0.353 e. The summed E-state index contributed by atoms with van der Waals surface area (Å²) in [7, 11) is 2.10. The Labute approximate surface area is 113 Å². The summed E-state index contributed by atoms with van der Waals surface area (Å²) >= 11 is 6.12. The maximum absolute atomic E-state index is 11.8. The lowest BCUT2D eigenvalue weighted by Gasteiger charge is -2.16. The smallest absolute Gasteiger partial charge is 0.242 e. The van der Waals surface area contributed by atoms with Crippen LogP contribution in [0.5, 0.6) is 0 Å². The molecule has 1 aromatic carbocycles. The van der Waals surface area contributed by atoms with E-state index in [1.807, 2.05) is 30.3 Å². The summed E-state index contributed by atoms with van der Waals surface area (Å²) in [5.74, 6) is -0.118. The number of rotatable bonds is 6. The third kappa shape index (κ3) is 3.72. The van der Waals surface area contributed by atoms with Crippen molar-refractivity contribution < 1.29 is 4.79 Å². The number of nitrogens with zero attached hydrogens (tertiary/aromatic N) is 1. The van der Waals surface area contributed by atoms with Gasteiger partial charge in [-0.15, -0.1) is 11.6 Å². The molecule has 1 unspecified atom stereocenters. The van der Waals surface area contributed by atoms with Gasteiger partial charge >= 0.3 is 0 Å². The molecule has 0 heterocycles. The number of benzene rings is 1. The molecule has 1 aliphatic rings. The summed E-state index contributed by atoms with van der Waals surface area (Å²) < 4.78 is 0. The van der Waals surface area contributed by atoms with Crippen molar-refractivity contribution in [1.29, 1.82) is 0 Å². The molecule has 0 bridgehead atoms. The van der Waals surface area contributed by atoms with Gasteiger partial charge in [-0.3, -0.25) is 4.79 Å².